The summed E-state index contributed by atoms with van der Waals surface area (Å²) in [6.45, 7) is 9.51. The summed E-state index contributed by atoms with van der Waals surface area (Å²) in [5, 5.41) is 0. The first-order valence-corrected chi connectivity index (χ1v) is 6.79. The van der Waals surface area contributed by atoms with Crippen LogP contribution < -0.4 is 10.6 Å². The third kappa shape index (κ3) is 2.59. The van der Waals surface area contributed by atoms with Crippen LogP contribution in [-0.2, 0) is 5.54 Å². The van der Waals surface area contributed by atoms with Crippen molar-refractivity contribution in [3.8, 4) is 0 Å². The molecule has 2 N–H and O–H groups in total. The first kappa shape index (κ1) is 13.9. The summed E-state index contributed by atoms with van der Waals surface area (Å²) in [5.41, 5.74) is 7.70. The van der Waals surface area contributed by atoms with E-state index < -0.39 is 5.54 Å². The van der Waals surface area contributed by atoms with Crippen molar-refractivity contribution in [1.29, 1.82) is 0 Å². The topological polar surface area (TPSA) is 49.6 Å². The van der Waals surface area contributed by atoms with Gasteiger partial charge in [-0.2, -0.15) is 0 Å². The Hall–Kier alpha value is -1.55. The van der Waals surface area contributed by atoms with Gasteiger partial charge in [0.15, 0.2) is 0 Å². The molecule has 2 amide bonds. The first-order chi connectivity index (χ1) is 8.82. The van der Waals surface area contributed by atoms with Crippen molar-refractivity contribution in [1.82, 2.24) is 4.90 Å². The molecule has 2 rings (SSSR count). The van der Waals surface area contributed by atoms with Crippen LogP contribution in [0.5, 0.6) is 0 Å². The molecule has 0 bridgehead atoms. The lowest BCUT2D eigenvalue weighted by atomic mass is 9.93. The Balaban J connectivity index is 2.37. The Morgan fingerprint density at radius 3 is 2.37 bits per heavy atom. The van der Waals surface area contributed by atoms with Crippen molar-refractivity contribution < 1.29 is 4.79 Å². The van der Waals surface area contributed by atoms with Crippen LogP contribution in [0.25, 0.3) is 0 Å². The van der Waals surface area contributed by atoms with Gasteiger partial charge in [-0.3, -0.25) is 4.90 Å². The number of hydrogen-bond donors (Lipinski definition) is 1. The van der Waals surface area contributed by atoms with Gasteiger partial charge < -0.3 is 10.6 Å². The van der Waals surface area contributed by atoms with E-state index in [-0.39, 0.29) is 12.1 Å². The minimum atomic E-state index is -0.456. The van der Waals surface area contributed by atoms with Gasteiger partial charge in [0.1, 0.15) is 0 Å². The quantitative estimate of drug-likeness (QED) is 0.909. The monoisotopic (exact) mass is 261 g/mol. The molecule has 19 heavy (non-hydrogen) atoms. The number of carbonyl (C=O) groups is 1. The van der Waals surface area contributed by atoms with Crippen molar-refractivity contribution in [2.45, 2.75) is 39.3 Å². The summed E-state index contributed by atoms with van der Waals surface area (Å²) in [4.78, 5) is 16.2. The Kier molecular flexibility index (Phi) is 3.54. The highest BCUT2D eigenvalue weighted by molar-refractivity contribution is 5.95. The number of nitrogens with two attached hydrogens (primary N) is 1. The third-order valence-electron chi connectivity index (χ3n) is 3.55. The van der Waals surface area contributed by atoms with E-state index in [2.05, 4.69) is 0 Å². The van der Waals surface area contributed by atoms with Crippen LogP contribution in [0.4, 0.5) is 10.5 Å². The van der Waals surface area contributed by atoms with Gasteiger partial charge in [0, 0.05) is 24.7 Å². The molecule has 1 aliphatic heterocycles. The van der Waals surface area contributed by atoms with Crippen molar-refractivity contribution in [3.05, 3.63) is 29.8 Å². The zero-order valence-electron chi connectivity index (χ0n) is 12.2. The number of anilines is 1. The molecular formula is C15H23N3O. The fourth-order valence-corrected chi connectivity index (χ4v) is 2.51. The van der Waals surface area contributed by atoms with Crippen LogP contribution in [0.3, 0.4) is 0 Å². The number of amides is 2. The zero-order chi connectivity index (χ0) is 14.2. The van der Waals surface area contributed by atoms with E-state index in [0.29, 0.717) is 0 Å². The molecule has 0 unspecified atom stereocenters. The molecule has 0 spiro atoms. The van der Waals surface area contributed by atoms with Crippen LogP contribution in [0.1, 0.15) is 33.3 Å². The second-order valence-corrected chi connectivity index (χ2v) is 5.96. The third-order valence-corrected chi connectivity index (χ3v) is 3.55. The van der Waals surface area contributed by atoms with Crippen molar-refractivity contribution >= 4 is 11.7 Å². The molecular weight excluding hydrogens is 238 g/mol. The Morgan fingerprint density at radius 2 is 1.84 bits per heavy atom. The number of nitrogens with zero attached hydrogens (tertiary/aromatic N) is 2. The summed E-state index contributed by atoms with van der Waals surface area (Å²) < 4.78 is 0. The normalized spacial score (nSPS) is 16.6. The van der Waals surface area contributed by atoms with Gasteiger partial charge in [-0.05, 0) is 39.3 Å². The van der Waals surface area contributed by atoms with E-state index in [4.69, 9.17) is 5.73 Å². The molecule has 0 aliphatic carbocycles. The van der Waals surface area contributed by atoms with Crippen LogP contribution in [0, 0.1) is 0 Å². The predicted molar refractivity (Wildman–Crippen MR) is 78.2 cm³/mol. The van der Waals surface area contributed by atoms with Gasteiger partial charge in [0.2, 0.25) is 0 Å². The van der Waals surface area contributed by atoms with Gasteiger partial charge in [-0.1, -0.05) is 18.2 Å². The molecule has 4 heteroatoms. The van der Waals surface area contributed by atoms with Gasteiger partial charge in [0.25, 0.3) is 0 Å². The Morgan fingerprint density at radius 1 is 1.21 bits per heavy atom. The fraction of sp³-hybridized carbons (Fsp3) is 0.533. The number of para-hydroxylation sites is 1. The van der Waals surface area contributed by atoms with Crippen LogP contribution in [0.2, 0.25) is 0 Å². The smallest absolute Gasteiger partial charge is 0.322 e. The van der Waals surface area contributed by atoms with Crippen molar-refractivity contribution in [2.75, 3.05) is 18.0 Å². The van der Waals surface area contributed by atoms with E-state index in [1.165, 1.54) is 0 Å². The number of benzene rings is 1. The van der Waals surface area contributed by atoms with E-state index in [0.717, 1.165) is 24.3 Å². The highest BCUT2D eigenvalue weighted by Crippen LogP contribution is 2.31. The maximum Gasteiger partial charge on any atom is 0.324 e. The highest BCUT2D eigenvalue weighted by Gasteiger charge is 2.33. The Bertz CT molecular complexity index is 477. The largest absolute Gasteiger partial charge is 0.324 e. The van der Waals surface area contributed by atoms with Crippen LogP contribution in [0.15, 0.2) is 24.3 Å². The standard InChI is InChI=1S/C15H23N3O/c1-11(2)17-9-10-18(14(17)19)13-8-6-5-7-12(13)15(3,4)16/h5-8,11H,9-10,16H2,1-4H3. The minimum Gasteiger partial charge on any atom is -0.322 e. The number of carbonyl (C=O) groups excluding carboxylic acids is 1. The SMILES string of the molecule is CC(C)N1CCN(c2ccccc2C(C)(C)N)C1=O. The molecule has 0 radical (unpaired) electrons. The van der Waals surface area contributed by atoms with Crippen LogP contribution >= 0.6 is 0 Å². The van der Waals surface area contributed by atoms with E-state index in [9.17, 15) is 4.79 Å². The predicted octanol–water partition coefficient (Wildman–Crippen LogP) is 2.53. The maximum absolute atomic E-state index is 12.4. The molecule has 1 aliphatic rings. The average Bonchev–Trinajstić information content (AvgIpc) is 2.70. The molecule has 1 fully saturated rings. The molecule has 0 saturated carbocycles. The lowest BCUT2D eigenvalue weighted by Gasteiger charge is -2.28. The number of hydrogen-bond acceptors (Lipinski definition) is 2. The molecule has 104 valence electrons. The summed E-state index contributed by atoms with van der Waals surface area (Å²) in [7, 11) is 0. The molecule has 1 aromatic rings. The highest BCUT2D eigenvalue weighted by atomic mass is 16.2. The maximum atomic E-state index is 12.4. The van der Waals surface area contributed by atoms with E-state index in [1.807, 2.05) is 61.8 Å². The first-order valence-electron chi connectivity index (χ1n) is 6.79. The van der Waals surface area contributed by atoms with E-state index in [1.54, 1.807) is 0 Å². The number of rotatable bonds is 3. The van der Waals surface area contributed by atoms with Crippen LogP contribution in [-0.4, -0.2) is 30.1 Å². The second kappa shape index (κ2) is 4.85. The van der Waals surface area contributed by atoms with Gasteiger partial charge in [-0.25, -0.2) is 4.79 Å². The van der Waals surface area contributed by atoms with Gasteiger partial charge in [0.05, 0.1) is 5.69 Å². The lowest BCUT2D eigenvalue weighted by Crippen LogP contribution is -2.38. The molecule has 0 atom stereocenters. The molecule has 1 saturated heterocycles. The summed E-state index contributed by atoms with van der Waals surface area (Å²) >= 11 is 0. The number of urea groups is 1. The van der Waals surface area contributed by atoms with Crippen molar-refractivity contribution in [2.24, 2.45) is 5.73 Å². The molecule has 0 aromatic heterocycles. The summed E-state index contributed by atoms with van der Waals surface area (Å²) in [6.07, 6.45) is 0. The van der Waals surface area contributed by atoms with E-state index >= 15 is 0 Å². The van der Waals surface area contributed by atoms with Crippen molar-refractivity contribution in [3.63, 3.8) is 0 Å². The lowest BCUT2D eigenvalue weighted by molar-refractivity contribution is 0.209. The average molecular weight is 261 g/mol. The van der Waals surface area contributed by atoms with Gasteiger partial charge in [-0.15, -0.1) is 0 Å². The summed E-state index contributed by atoms with van der Waals surface area (Å²) in [5.74, 6) is 0. The summed E-state index contributed by atoms with van der Waals surface area (Å²) in [6, 6.07) is 8.21. The minimum absolute atomic E-state index is 0.0756. The molecule has 1 aromatic carbocycles. The second-order valence-electron chi connectivity index (χ2n) is 5.96. The zero-order valence-corrected chi connectivity index (χ0v) is 12.2. The van der Waals surface area contributed by atoms with Gasteiger partial charge >= 0.3 is 6.03 Å². The fourth-order valence-electron chi connectivity index (χ4n) is 2.51. The molecule has 1 heterocycles. The molecule has 4 nitrogen and oxygen atoms in total. The Labute approximate surface area is 115 Å².